The Balaban J connectivity index is 0.00000148. The lowest BCUT2D eigenvalue weighted by molar-refractivity contribution is -0.913. The van der Waals surface area contributed by atoms with Gasteiger partial charge in [-0.15, -0.1) is 5.10 Å². The van der Waals surface area contributed by atoms with E-state index in [1.807, 2.05) is 7.05 Å². The molecule has 3 atom stereocenters. The molecule has 1 saturated heterocycles. The van der Waals surface area contributed by atoms with Gasteiger partial charge in [0.25, 0.3) is 0 Å². The van der Waals surface area contributed by atoms with Crippen molar-refractivity contribution in [3.05, 3.63) is 86.5 Å². The number of aliphatic hydroxyl groups is 2. The molecule has 0 aliphatic carbocycles. The second-order valence-electron chi connectivity index (χ2n) is 10.9. The Kier molecular flexibility index (Phi) is 9.19. The maximum atomic E-state index is 13.6. The van der Waals surface area contributed by atoms with E-state index in [9.17, 15) is 38.2 Å². The number of nitrogens with zero attached hydrogens (tertiary/aromatic N) is 5. The number of halogens is 3. The van der Waals surface area contributed by atoms with Gasteiger partial charge in [0.05, 0.1) is 36.9 Å². The number of allylic oxidation sites excluding steroid dienone is 1. The summed E-state index contributed by atoms with van der Waals surface area (Å²) in [7, 11) is 2.98. The zero-order valence-electron chi connectivity index (χ0n) is 24.3. The number of hydrogen-bond donors (Lipinski definition) is 3. The fourth-order valence-corrected chi connectivity index (χ4v) is 5.92. The van der Waals surface area contributed by atoms with E-state index < -0.39 is 48.1 Å². The van der Waals surface area contributed by atoms with Gasteiger partial charge in [-0.3, -0.25) is 4.90 Å². The van der Waals surface area contributed by atoms with E-state index in [-0.39, 0.29) is 47.0 Å². The van der Waals surface area contributed by atoms with Gasteiger partial charge >= 0.3 is 17.8 Å². The number of nitriles is 1. The van der Waals surface area contributed by atoms with Crippen molar-refractivity contribution in [1.29, 1.82) is 5.26 Å². The molecule has 0 bridgehead atoms. The lowest BCUT2D eigenvalue weighted by atomic mass is 9.89. The first kappa shape index (κ1) is 32.9. The molecule has 1 fully saturated rings. The van der Waals surface area contributed by atoms with Gasteiger partial charge in [-0.25, -0.2) is 19.3 Å². The number of anilines is 2. The first-order chi connectivity index (χ1) is 21.2. The van der Waals surface area contributed by atoms with Gasteiger partial charge in [0.2, 0.25) is 5.95 Å². The molecule has 3 aromatic rings. The standard InChI is InChI=1S/C28H27F3N6O5.CH2O2/c1-15-23(25(40)42-3)24(20-8-7-16(11-32)9-17(20)12-37(2)13-21(38)22(39)14-37)36-26(33-34-27(36)41)35(15)19-6-4-5-18(10-19)28(29,30)31;2-1-3/h4-10,21-22,24,38-39H,12-14H2,1-3H3;1H,(H,2,3). The second-order valence-corrected chi connectivity index (χ2v) is 10.9. The Morgan fingerprint density at radius 1 is 1.24 bits per heavy atom. The molecule has 16 heteroatoms. The summed E-state index contributed by atoms with van der Waals surface area (Å²) in [6, 6.07) is 10.1. The number of quaternary nitrogens is 1. The summed E-state index contributed by atoms with van der Waals surface area (Å²) in [5.41, 5.74) is -0.186. The van der Waals surface area contributed by atoms with Crippen LogP contribution in [-0.4, -0.2) is 81.4 Å². The molecule has 2 aliphatic heterocycles. The molecular weight excluding hydrogens is 601 g/mol. The van der Waals surface area contributed by atoms with Crippen LogP contribution in [0.5, 0.6) is 0 Å². The lowest BCUT2D eigenvalue weighted by Crippen LogP contribution is -2.43. The van der Waals surface area contributed by atoms with Gasteiger partial charge in [0, 0.05) is 23.4 Å². The zero-order valence-corrected chi connectivity index (χ0v) is 24.3. The molecular formula is C29H29F3N6O7. The number of aromatic nitrogens is 3. The Morgan fingerprint density at radius 3 is 2.47 bits per heavy atom. The Bertz CT molecular complexity index is 1730. The predicted molar refractivity (Wildman–Crippen MR) is 148 cm³/mol. The topological polar surface area (TPSA) is 185 Å². The monoisotopic (exact) mass is 630 g/mol. The fraction of sp³-hybridized carbons (Fsp3) is 0.345. The van der Waals surface area contributed by atoms with E-state index in [1.165, 1.54) is 30.0 Å². The summed E-state index contributed by atoms with van der Waals surface area (Å²) in [4.78, 5) is 36.2. The molecule has 45 heavy (non-hydrogen) atoms. The molecule has 0 saturated carbocycles. The van der Waals surface area contributed by atoms with Crippen LogP contribution in [-0.2, 0) is 27.0 Å². The number of hydrogen-bond acceptors (Lipinski definition) is 10. The third-order valence-corrected chi connectivity index (χ3v) is 7.80. The number of benzene rings is 2. The van der Waals surface area contributed by atoms with Crippen molar-refractivity contribution in [3.8, 4) is 6.07 Å². The Morgan fingerprint density at radius 2 is 1.89 bits per heavy atom. The van der Waals surface area contributed by atoms with E-state index in [0.29, 0.717) is 16.7 Å². The van der Waals surface area contributed by atoms with Gasteiger partial charge in [-0.2, -0.15) is 18.4 Å². The minimum Gasteiger partial charge on any atom is -0.554 e. The molecule has 1 aromatic heterocycles. The first-order valence-electron chi connectivity index (χ1n) is 13.4. The van der Waals surface area contributed by atoms with E-state index in [0.717, 1.165) is 23.8 Å². The average Bonchev–Trinajstić information content (AvgIpc) is 3.48. The number of rotatable bonds is 5. The summed E-state index contributed by atoms with van der Waals surface area (Å²) in [5.74, 6) is -0.881. The number of likely N-dealkylation sites (tertiary alicyclic amines) is 1. The highest BCUT2D eigenvalue weighted by Gasteiger charge is 2.44. The van der Waals surface area contributed by atoms with Crippen LogP contribution in [0.4, 0.5) is 24.8 Å². The number of nitrogens with one attached hydrogen (secondary N) is 1. The quantitative estimate of drug-likeness (QED) is 0.206. The molecule has 5 rings (SSSR count). The molecule has 238 valence electrons. The number of likely N-dealkylation sites (N-methyl/N-ethyl adjacent to an activating group) is 1. The van der Waals surface area contributed by atoms with Crippen LogP contribution in [0.1, 0.15) is 35.2 Å². The van der Waals surface area contributed by atoms with Crippen molar-refractivity contribution in [2.75, 3.05) is 32.1 Å². The molecule has 3 N–H and O–H groups in total. The van der Waals surface area contributed by atoms with E-state index in [2.05, 4.69) is 16.3 Å². The normalized spacial score (nSPS) is 22.6. The molecule has 13 nitrogen and oxygen atoms in total. The lowest BCUT2D eigenvalue weighted by Gasteiger charge is -2.37. The number of carbonyl (C=O) groups is 2. The number of H-pyrrole nitrogens is 1. The number of methoxy groups -OCH3 is 1. The van der Waals surface area contributed by atoms with Crippen LogP contribution in [0.15, 0.2) is 58.5 Å². The van der Waals surface area contributed by atoms with Crippen LogP contribution in [0.25, 0.3) is 0 Å². The minimum atomic E-state index is -4.64. The van der Waals surface area contributed by atoms with Crippen molar-refractivity contribution in [2.24, 2.45) is 0 Å². The number of alkyl halides is 3. The molecule has 0 spiro atoms. The number of aliphatic hydroxyl groups excluding tert-OH is 2. The van der Waals surface area contributed by atoms with E-state index >= 15 is 0 Å². The Labute approximate surface area is 254 Å². The van der Waals surface area contributed by atoms with Crippen molar-refractivity contribution < 1.29 is 47.3 Å². The molecule has 2 aliphatic rings. The van der Waals surface area contributed by atoms with E-state index in [4.69, 9.17) is 14.6 Å². The zero-order chi connectivity index (χ0) is 33.3. The van der Waals surface area contributed by atoms with Crippen LogP contribution in [0.2, 0.25) is 0 Å². The fourth-order valence-electron chi connectivity index (χ4n) is 5.92. The van der Waals surface area contributed by atoms with Crippen molar-refractivity contribution in [3.63, 3.8) is 0 Å². The van der Waals surface area contributed by atoms with Gasteiger partial charge < -0.3 is 29.3 Å². The van der Waals surface area contributed by atoms with Gasteiger partial charge in [0.15, 0.2) is 0 Å². The van der Waals surface area contributed by atoms with Crippen LogP contribution in [0, 0.1) is 11.3 Å². The maximum absolute atomic E-state index is 13.6. The third kappa shape index (κ3) is 6.32. The van der Waals surface area contributed by atoms with Gasteiger partial charge in [-0.05, 0) is 42.8 Å². The largest absolute Gasteiger partial charge is 0.554 e. The Hall–Kier alpha value is -4.98. The predicted octanol–water partition coefficient (Wildman–Crippen LogP) is 0.698. The highest BCUT2D eigenvalue weighted by atomic mass is 19.4. The summed E-state index contributed by atoms with van der Waals surface area (Å²) in [6.45, 7) is 1.69. The summed E-state index contributed by atoms with van der Waals surface area (Å²) < 4.78 is 47.2. The van der Waals surface area contributed by atoms with Crippen molar-refractivity contribution in [2.45, 2.75) is 37.9 Å². The number of fused-ring (bicyclic) bond motifs is 1. The number of carbonyl (C=O) groups excluding carboxylic acids is 2. The van der Waals surface area contributed by atoms with Crippen molar-refractivity contribution in [1.82, 2.24) is 14.8 Å². The first-order valence-corrected chi connectivity index (χ1v) is 13.4. The smallest absolute Gasteiger partial charge is 0.416 e. The minimum absolute atomic E-state index is 0.0144. The highest BCUT2D eigenvalue weighted by molar-refractivity contribution is 5.93. The molecule has 0 radical (unpaired) electrons. The molecule has 0 amide bonds. The molecule has 2 aromatic carbocycles. The van der Waals surface area contributed by atoms with Crippen molar-refractivity contribution >= 4 is 24.1 Å². The SMILES string of the molecule is COC(=O)C1=C(C)N(c2cccc(C(F)(F)F)c2)c2n[nH]c(=O)n2C1c1ccc(C#N)cc1C[N+]1(C)CC(O)C(O)C1.O=C[O-]. The second kappa shape index (κ2) is 12.6. The number of ether oxygens (including phenoxy) is 1. The molecule has 3 heterocycles. The van der Waals surface area contributed by atoms with Crippen LogP contribution in [0.3, 0.4) is 0 Å². The number of aromatic amines is 1. The maximum Gasteiger partial charge on any atom is 0.416 e. The van der Waals surface area contributed by atoms with Gasteiger partial charge in [0.1, 0.15) is 37.9 Å². The average molecular weight is 631 g/mol. The van der Waals surface area contributed by atoms with Crippen LogP contribution < -0.4 is 15.7 Å². The van der Waals surface area contributed by atoms with Crippen LogP contribution >= 0.6 is 0 Å². The summed E-state index contributed by atoms with van der Waals surface area (Å²) >= 11 is 0. The molecule has 3 unspecified atom stereocenters. The number of esters is 1. The summed E-state index contributed by atoms with van der Waals surface area (Å²) in [5, 5.41) is 44.8. The highest BCUT2D eigenvalue weighted by Crippen LogP contribution is 2.44. The van der Waals surface area contributed by atoms with Gasteiger partial charge in [-0.1, -0.05) is 12.1 Å². The number of carboxylic acid groups (broad SMARTS) is 1. The third-order valence-electron chi connectivity index (χ3n) is 7.80. The van der Waals surface area contributed by atoms with E-state index in [1.54, 1.807) is 12.1 Å². The summed E-state index contributed by atoms with van der Waals surface area (Å²) in [6.07, 6.45) is -6.55.